The lowest BCUT2D eigenvalue weighted by Gasteiger charge is -2.52. The summed E-state index contributed by atoms with van der Waals surface area (Å²) in [5, 5.41) is 36.7. The Morgan fingerprint density at radius 1 is 1.26 bits per heavy atom. The molecule has 0 amide bonds. The highest BCUT2D eigenvalue weighted by molar-refractivity contribution is 6.30. The van der Waals surface area contributed by atoms with Crippen LogP contribution in [0.3, 0.4) is 0 Å². The molecule has 1 aromatic rings. The Kier molecular flexibility index (Phi) is 8.47. The fraction of sp³-hybridized carbons (Fsp3) is 0.769. The zero-order valence-corrected chi connectivity index (χ0v) is 22.0. The molecule has 0 spiro atoms. The number of rotatable bonds is 9. The van der Waals surface area contributed by atoms with E-state index in [0.29, 0.717) is 23.7 Å². The Morgan fingerprint density at radius 2 is 2.03 bits per heavy atom. The summed E-state index contributed by atoms with van der Waals surface area (Å²) < 4.78 is 6.43. The van der Waals surface area contributed by atoms with Crippen LogP contribution in [0.4, 0.5) is 0 Å². The minimum absolute atomic E-state index is 0.0325. The molecule has 4 rings (SSSR count). The second-order valence-corrected chi connectivity index (χ2v) is 11.2. The maximum Gasteiger partial charge on any atom is 0.141 e. The number of unbranched alkanes of at least 4 members (excludes halogenated alkanes) is 1. The van der Waals surface area contributed by atoms with Gasteiger partial charge in [0.05, 0.1) is 31.7 Å². The number of halogens is 1. The van der Waals surface area contributed by atoms with Gasteiger partial charge in [0, 0.05) is 29.9 Å². The second kappa shape index (κ2) is 10.9. The van der Waals surface area contributed by atoms with Gasteiger partial charge in [0.1, 0.15) is 17.9 Å². The van der Waals surface area contributed by atoms with Gasteiger partial charge in [-0.1, -0.05) is 44.4 Å². The highest BCUT2D eigenvalue weighted by Gasteiger charge is 2.61. The molecule has 6 N–H and O–H groups in total. The van der Waals surface area contributed by atoms with Crippen LogP contribution in [0.5, 0.6) is 0 Å². The summed E-state index contributed by atoms with van der Waals surface area (Å²) in [6.45, 7) is 8.24. The van der Waals surface area contributed by atoms with E-state index in [1.165, 1.54) is 0 Å². The summed E-state index contributed by atoms with van der Waals surface area (Å²) in [6, 6.07) is 5.35. The quantitative estimate of drug-likeness (QED) is 0.342. The van der Waals surface area contributed by atoms with Crippen LogP contribution in [0, 0.1) is 5.41 Å². The number of nitrogens with zero attached hydrogens (tertiary/aromatic N) is 2. The van der Waals surface area contributed by atoms with Gasteiger partial charge in [0.2, 0.25) is 0 Å². The number of aliphatic hydroxyl groups is 3. The Balaban J connectivity index is 1.57. The molecule has 3 aliphatic rings. The number of benzene rings is 1. The molecule has 3 saturated heterocycles. The number of nitrogens with one attached hydrogen (secondary N) is 1. The fourth-order valence-corrected chi connectivity index (χ4v) is 6.63. The van der Waals surface area contributed by atoms with Gasteiger partial charge in [-0.15, -0.1) is 0 Å². The highest BCUT2D eigenvalue weighted by Crippen LogP contribution is 2.48. The van der Waals surface area contributed by atoms with Crippen molar-refractivity contribution in [2.45, 2.75) is 102 Å². The lowest BCUT2D eigenvalue weighted by Crippen LogP contribution is -2.70. The molecule has 3 heterocycles. The van der Waals surface area contributed by atoms with E-state index in [1.807, 2.05) is 6.07 Å². The van der Waals surface area contributed by atoms with Gasteiger partial charge in [0.25, 0.3) is 0 Å². The van der Waals surface area contributed by atoms with Crippen LogP contribution in [0.25, 0.3) is 0 Å². The van der Waals surface area contributed by atoms with Crippen LogP contribution in [-0.2, 0) is 17.8 Å². The van der Waals surface area contributed by atoms with Gasteiger partial charge in [0.15, 0.2) is 0 Å². The summed E-state index contributed by atoms with van der Waals surface area (Å²) in [7, 11) is 0. The summed E-state index contributed by atoms with van der Waals surface area (Å²) in [6.07, 6.45) is 3.07. The smallest absolute Gasteiger partial charge is 0.141 e. The molecule has 9 heteroatoms. The summed E-state index contributed by atoms with van der Waals surface area (Å²) >= 11 is 6.10. The number of aliphatic hydroxyl groups excluding tert-OH is 2. The van der Waals surface area contributed by atoms with Gasteiger partial charge in [-0.3, -0.25) is 15.1 Å². The molecule has 0 bridgehead atoms. The summed E-state index contributed by atoms with van der Waals surface area (Å²) in [4.78, 5) is 4.52. The van der Waals surface area contributed by atoms with Crippen molar-refractivity contribution < 1.29 is 20.1 Å². The molecule has 0 aromatic heterocycles. The number of ether oxygens (including phenoxy) is 1. The highest BCUT2D eigenvalue weighted by atomic mass is 35.5. The predicted octanol–water partition coefficient (Wildman–Crippen LogP) is 1.98. The van der Waals surface area contributed by atoms with Gasteiger partial charge in [-0.05, 0) is 49.4 Å². The molecule has 7 atom stereocenters. The van der Waals surface area contributed by atoms with E-state index in [1.54, 1.807) is 19.1 Å². The third-order valence-corrected chi connectivity index (χ3v) is 8.82. The molecule has 0 saturated carbocycles. The molecule has 35 heavy (non-hydrogen) atoms. The van der Waals surface area contributed by atoms with Crippen molar-refractivity contribution in [1.82, 2.24) is 15.1 Å². The summed E-state index contributed by atoms with van der Waals surface area (Å²) in [5.41, 5.74) is 6.88. The molecule has 3 unspecified atom stereocenters. The Morgan fingerprint density at radius 3 is 2.71 bits per heavy atom. The Labute approximate surface area is 214 Å². The number of likely N-dealkylation sites (tertiary alicyclic amines) is 1. The zero-order chi connectivity index (χ0) is 25.4. The van der Waals surface area contributed by atoms with Crippen LogP contribution < -0.4 is 11.1 Å². The molecule has 1 aromatic carbocycles. The van der Waals surface area contributed by atoms with Crippen molar-refractivity contribution in [1.29, 1.82) is 0 Å². The van der Waals surface area contributed by atoms with Crippen molar-refractivity contribution in [3.63, 3.8) is 0 Å². The second-order valence-electron chi connectivity index (χ2n) is 10.8. The summed E-state index contributed by atoms with van der Waals surface area (Å²) in [5.74, 6) is 0. The minimum Gasteiger partial charge on any atom is -0.392 e. The molecule has 0 radical (unpaired) electrons. The first-order valence-electron chi connectivity index (χ1n) is 13.1. The van der Waals surface area contributed by atoms with E-state index >= 15 is 0 Å². The average Bonchev–Trinajstić information content (AvgIpc) is 3.31. The van der Waals surface area contributed by atoms with E-state index in [0.717, 1.165) is 50.8 Å². The van der Waals surface area contributed by atoms with Crippen LogP contribution >= 0.6 is 11.6 Å². The zero-order valence-electron chi connectivity index (χ0n) is 21.3. The van der Waals surface area contributed by atoms with Crippen LogP contribution in [0.1, 0.15) is 64.0 Å². The van der Waals surface area contributed by atoms with Gasteiger partial charge in [-0.25, -0.2) is 0 Å². The van der Waals surface area contributed by atoms with Crippen molar-refractivity contribution in [3.8, 4) is 0 Å². The number of fused-ring (bicyclic) bond motifs is 1. The largest absolute Gasteiger partial charge is 0.392 e. The Hall–Kier alpha value is -0.810. The molecule has 0 aliphatic carbocycles. The molecule has 3 aliphatic heterocycles. The SMILES string of the molecule is CCCCC12CCN([C@@H]3O[C@H](Cc4ccc(Cl)cc4CO)[C@@](C)(O)[C@H]3O)C1NCN(CCC)C2N. The molecular formula is C26H43ClN4O4. The lowest BCUT2D eigenvalue weighted by atomic mass is 9.74. The fourth-order valence-electron chi connectivity index (χ4n) is 6.44. The van der Waals surface area contributed by atoms with E-state index in [9.17, 15) is 15.3 Å². The van der Waals surface area contributed by atoms with E-state index in [4.69, 9.17) is 22.1 Å². The first-order chi connectivity index (χ1) is 16.7. The number of nitrogens with two attached hydrogens (primary N) is 1. The minimum atomic E-state index is -1.45. The Bertz CT molecular complexity index is 874. The third kappa shape index (κ3) is 4.90. The molecular weight excluding hydrogens is 468 g/mol. The first-order valence-corrected chi connectivity index (χ1v) is 13.5. The average molecular weight is 511 g/mol. The normalized spacial score (nSPS) is 38.2. The molecule has 3 fully saturated rings. The topological polar surface area (TPSA) is 114 Å². The maximum atomic E-state index is 11.4. The molecule has 198 valence electrons. The van der Waals surface area contributed by atoms with Gasteiger partial charge in [-0.2, -0.15) is 0 Å². The van der Waals surface area contributed by atoms with Crippen molar-refractivity contribution in [2.75, 3.05) is 19.8 Å². The van der Waals surface area contributed by atoms with Crippen LogP contribution in [0.15, 0.2) is 18.2 Å². The lowest BCUT2D eigenvalue weighted by molar-refractivity contribution is -0.131. The van der Waals surface area contributed by atoms with E-state index < -0.39 is 24.0 Å². The molecule has 8 nitrogen and oxygen atoms in total. The number of hydrogen-bond donors (Lipinski definition) is 5. The van der Waals surface area contributed by atoms with Crippen molar-refractivity contribution in [2.24, 2.45) is 11.1 Å². The monoisotopic (exact) mass is 510 g/mol. The maximum absolute atomic E-state index is 11.4. The standard InChI is InChI=1S/C26H43ClN4O4/c1-4-6-9-26-10-12-31(24(26)29-16-30(11-5-2)23(26)28)22-21(33)25(3,34)20(35-22)14-17-7-8-19(27)13-18(17)15-32/h7-8,13,20-24,29,32-34H,4-6,9-12,14-16,28H2,1-3H3/t20-,21+,22-,23?,24?,25-,26?/m1/s1. The predicted molar refractivity (Wildman–Crippen MR) is 136 cm³/mol. The first kappa shape index (κ1) is 27.2. The van der Waals surface area contributed by atoms with Crippen LogP contribution in [0.2, 0.25) is 5.02 Å². The van der Waals surface area contributed by atoms with Gasteiger partial charge < -0.3 is 25.8 Å². The van der Waals surface area contributed by atoms with Crippen molar-refractivity contribution >= 4 is 11.6 Å². The van der Waals surface area contributed by atoms with E-state index in [-0.39, 0.29) is 24.4 Å². The van der Waals surface area contributed by atoms with Gasteiger partial charge >= 0.3 is 0 Å². The van der Waals surface area contributed by atoms with Crippen molar-refractivity contribution in [3.05, 3.63) is 34.3 Å². The van der Waals surface area contributed by atoms with Crippen LogP contribution in [-0.4, -0.2) is 81.2 Å². The third-order valence-electron chi connectivity index (χ3n) is 8.58. The number of hydrogen-bond acceptors (Lipinski definition) is 8. The van der Waals surface area contributed by atoms with E-state index in [2.05, 4.69) is 29.0 Å².